The second-order valence-electron chi connectivity index (χ2n) is 3.58. The van der Waals surface area contributed by atoms with Crippen LogP contribution < -0.4 is 10.2 Å². The van der Waals surface area contributed by atoms with Crippen LogP contribution in [0.3, 0.4) is 0 Å². The van der Waals surface area contributed by atoms with Gasteiger partial charge >= 0.3 is 0 Å². The summed E-state index contributed by atoms with van der Waals surface area (Å²) >= 11 is 0. The molecule has 0 saturated heterocycles. The molecule has 1 rings (SSSR count). The van der Waals surface area contributed by atoms with Gasteiger partial charge in [-0.1, -0.05) is 6.92 Å². The van der Waals surface area contributed by atoms with Crippen molar-refractivity contribution < 1.29 is 0 Å². The summed E-state index contributed by atoms with van der Waals surface area (Å²) in [6.07, 6.45) is 4.92. The van der Waals surface area contributed by atoms with E-state index in [0.717, 1.165) is 37.6 Å². The van der Waals surface area contributed by atoms with E-state index in [1.165, 1.54) is 0 Å². The van der Waals surface area contributed by atoms with Gasteiger partial charge in [-0.05, 0) is 19.9 Å². The van der Waals surface area contributed by atoms with Gasteiger partial charge in [0.2, 0.25) is 5.95 Å². The van der Waals surface area contributed by atoms with Crippen LogP contribution in [-0.2, 0) is 6.54 Å². The van der Waals surface area contributed by atoms with Gasteiger partial charge in [0.15, 0.2) is 0 Å². The lowest BCUT2D eigenvalue weighted by molar-refractivity contribution is 0.671. The Morgan fingerprint density at radius 1 is 1.27 bits per heavy atom. The summed E-state index contributed by atoms with van der Waals surface area (Å²) < 4.78 is 0. The largest absolute Gasteiger partial charge is 0.344 e. The number of rotatable bonds is 6. The van der Waals surface area contributed by atoms with Gasteiger partial charge in [0.05, 0.1) is 0 Å². The van der Waals surface area contributed by atoms with Crippen molar-refractivity contribution in [1.82, 2.24) is 15.3 Å². The highest BCUT2D eigenvalue weighted by molar-refractivity contribution is 5.27. The van der Waals surface area contributed by atoms with E-state index in [1.54, 1.807) is 0 Å². The Morgan fingerprint density at radius 3 is 2.47 bits per heavy atom. The average molecular weight is 208 g/mol. The minimum Gasteiger partial charge on any atom is -0.344 e. The molecule has 1 aromatic rings. The molecule has 4 nitrogen and oxygen atoms in total. The minimum absolute atomic E-state index is 0.789. The molecule has 15 heavy (non-hydrogen) atoms. The molecule has 0 saturated carbocycles. The van der Waals surface area contributed by atoms with Gasteiger partial charge < -0.3 is 10.2 Å². The van der Waals surface area contributed by atoms with Crippen molar-refractivity contribution in [3.05, 3.63) is 18.0 Å². The van der Waals surface area contributed by atoms with Gasteiger partial charge in [-0.15, -0.1) is 0 Å². The molecule has 0 atom stereocenters. The van der Waals surface area contributed by atoms with E-state index in [2.05, 4.69) is 29.1 Å². The van der Waals surface area contributed by atoms with E-state index in [0.29, 0.717) is 0 Å². The molecule has 1 aromatic heterocycles. The fourth-order valence-electron chi connectivity index (χ4n) is 1.19. The Bertz CT molecular complexity index is 270. The summed E-state index contributed by atoms with van der Waals surface area (Å²) in [6.45, 7) is 7.05. The summed E-state index contributed by atoms with van der Waals surface area (Å²) in [7, 11) is 1.99. The van der Waals surface area contributed by atoms with E-state index < -0.39 is 0 Å². The van der Waals surface area contributed by atoms with Crippen molar-refractivity contribution in [2.24, 2.45) is 0 Å². The first-order valence-electron chi connectivity index (χ1n) is 5.50. The van der Waals surface area contributed by atoms with E-state index in [9.17, 15) is 0 Å². The number of nitrogens with one attached hydrogen (secondary N) is 1. The maximum Gasteiger partial charge on any atom is 0.224 e. The maximum absolute atomic E-state index is 4.30. The van der Waals surface area contributed by atoms with Crippen molar-refractivity contribution in [1.29, 1.82) is 0 Å². The normalized spacial score (nSPS) is 10.3. The lowest BCUT2D eigenvalue weighted by Crippen LogP contribution is -2.19. The van der Waals surface area contributed by atoms with E-state index >= 15 is 0 Å². The lowest BCUT2D eigenvalue weighted by atomic mass is 10.3. The molecule has 0 aromatic carbocycles. The summed E-state index contributed by atoms with van der Waals surface area (Å²) in [5.41, 5.74) is 1.14. The molecule has 0 aliphatic rings. The minimum atomic E-state index is 0.789. The zero-order valence-electron chi connectivity index (χ0n) is 9.82. The SMILES string of the molecule is CCCNCc1cnc(N(C)CC)nc1. The second kappa shape index (κ2) is 6.35. The van der Waals surface area contributed by atoms with Gasteiger partial charge in [0, 0.05) is 38.1 Å². The van der Waals surface area contributed by atoms with Crippen LogP contribution in [0.1, 0.15) is 25.8 Å². The molecule has 4 heteroatoms. The maximum atomic E-state index is 4.30. The molecule has 0 unspecified atom stereocenters. The smallest absolute Gasteiger partial charge is 0.224 e. The Hall–Kier alpha value is -1.16. The second-order valence-corrected chi connectivity index (χ2v) is 3.58. The Morgan fingerprint density at radius 2 is 1.93 bits per heavy atom. The number of nitrogens with zero attached hydrogens (tertiary/aromatic N) is 3. The number of anilines is 1. The van der Waals surface area contributed by atoms with Gasteiger partial charge in [-0.2, -0.15) is 0 Å². The molecular weight excluding hydrogens is 188 g/mol. The van der Waals surface area contributed by atoms with Crippen molar-refractivity contribution in [3.63, 3.8) is 0 Å². The molecule has 0 fully saturated rings. The topological polar surface area (TPSA) is 41.1 Å². The summed E-state index contributed by atoms with van der Waals surface area (Å²) in [5.74, 6) is 0.789. The Kier molecular flexibility index (Phi) is 5.04. The molecule has 0 bridgehead atoms. The molecular formula is C11H20N4. The summed E-state index contributed by atoms with van der Waals surface area (Å²) in [5, 5.41) is 3.32. The van der Waals surface area contributed by atoms with Gasteiger partial charge in [0.1, 0.15) is 0 Å². The highest BCUT2D eigenvalue weighted by Crippen LogP contribution is 2.04. The third-order valence-corrected chi connectivity index (χ3v) is 2.26. The molecule has 1 heterocycles. The van der Waals surface area contributed by atoms with Crippen molar-refractivity contribution in [2.45, 2.75) is 26.8 Å². The van der Waals surface area contributed by atoms with Crippen LogP contribution in [-0.4, -0.2) is 30.1 Å². The molecule has 0 radical (unpaired) electrons. The first kappa shape index (κ1) is 11.9. The number of aromatic nitrogens is 2. The third kappa shape index (κ3) is 3.83. The highest BCUT2D eigenvalue weighted by atomic mass is 15.2. The van der Waals surface area contributed by atoms with Crippen LogP contribution in [0, 0.1) is 0 Å². The van der Waals surface area contributed by atoms with E-state index in [1.807, 2.05) is 24.3 Å². The highest BCUT2D eigenvalue weighted by Gasteiger charge is 2.00. The van der Waals surface area contributed by atoms with E-state index in [4.69, 9.17) is 0 Å². The summed E-state index contributed by atoms with van der Waals surface area (Å²) in [4.78, 5) is 10.6. The van der Waals surface area contributed by atoms with Gasteiger partial charge in [-0.3, -0.25) is 0 Å². The fraction of sp³-hybridized carbons (Fsp3) is 0.636. The predicted octanol–water partition coefficient (Wildman–Crippen LogP) is 1.43. The molecule has 0 aliphatic carbocycles. The van der Waals surface area contributed by atoms with Gasteiger partial charge in [0.25, 0.3) is 0 Å². The third-order valence-electron chi connectivity index (χ3n) is 2.26. The van der Waals surface area contributed by atoms with Crippen molar-refractivity contribution >= 4 is 5.95 Å². The van der Waals surface area contributed by atoms with Crippen molar-refractivity contribution in [2.75, 3.05) is 25.0 Å². The standard InChI is InChI=1S/C11H20N4/c1-4-6-12-7-10-8-13-11(14-9-10)15(3)5-2/h8-9,12H,4-7H2,1-3H3. The predicted molar refractivity (Wildman–Crippen MR) is 63.0 cm³/mol. The van der Waals surface area contributed by atoms with Crippen LogP contribution in [0.5, 0.6) is 0 Å². The van der Waals surface area contributed by atoms with Gasteiger partial charge in [-0.25, -0.2) is 9.97 Å². The number of hydrogen-bond acceptors (Lipinski definition) is 4. The zero-order chi connectivity index (χ0) is 11.1. The average Bonchev–Trinajstić information content (AvgIpc) is 2.29. The Labute approximate surface area is 91.7 Å². The fourth-order valence-corrected chi connectivity index (χ4v) is 1.19. The van der Waals surface area contributed by atoms with Crippen LogP contribution >= 0.6 is 0 Å². The quantitative estimate of drug-likeness (QED) is 0.718. The molecule has 0 aliphatic heterocycles. The molecule has 0 spiro atoms. The van der Waals surface area contributed by atoms with E-state index in [-0.39, 0.29) is 0 Å². The van der Waals surface area contributed by atoms with Crippen LogP contribution in [0.2, 0.25) is 0 Å². The molecule has 0 amide bonds. The monoisotopic (exact) mass is 208 g/mol. The van der Waals surface area contributed by atoms with Crippen LogP contribution in [0.15, 0.2) is 12.4 Å². The first-order valence-corrected chi connectivity index (χ1v) is 5.50. The Balaban J connectivity index is 2.49. The molecule has 1 N–H and O–H groups in total. The lowest BCUT2D eigenvalue weighted by Gasteiger charge is -2.13. The van der Waals surface area contributed by atoms with Crippen LogP contribution in [0.25, 0.3) is 0 Å². The molecule has 84 valence electrons. The summed E-state index contributed by atoms with van der Waals surface area (Å²) in [6, 6.07) is 0. The zero-order valence-corrected chi connectivity index (χ0v) is 9.82. The number of hydrogen-bond donors (Lipinski definition) is 1. The van der Waals surface area contributed by atoms with Crippen LogP contribution in [0.4, 0.5) is 5.95 Å². The van der Waals surface area contributed by atoms with Crippen molar-refractivity contribution in [3.8, 4) is 0 Å². The first-order chi connectivity index (χ1) is 7.27.